The molecule has 3 aromatic rings. The predicted molar refractivity (Wildman–Crippen MR) is 192 cm³/mol. The molecule has 268 valence electrons. The molecule has 9 nitrogen and oxygen atoms in total. The van der Waals surface area contributed by atoms with Gasteiger partial charge in [0.05, 0.1) is 36.0 Å². The maximum atomic E-state index is 15.2. The number of phenols is 1. The van der Waals surface area contributed by atoms with Gasteiger partial charge in [-0.05, 0) is 91.3 Å². The fourth-order valence-corrected chi connectivity index (χ4v) is 9.76. The molecular weight excluding hydrogens is 685 g/mol. The Balaban J connectivity index is 1.28. The van der Waals surface area contributed by atoms with Crippen molar-refractivity contribution in [1.82, 2.24) is 9.91 Å². The number of ether oxygens (including phenoxy) is 1. The lowest BCUT2D eigenvalue weighted by atomic mass is 9.50. The van der Waals surface area contributed by atoms with E-state index >= 15 is 4.79 Å². The normalized spacial score (nSPS) is 28.9. The van der Waals surface area contributed by atoms with Crippen molar-refractivity contribution in [2.45, 2.75) is 56.4 Å². The minimum atomic E-state index is -1.46. The van der Waals surface area contributed by atoms with Crippen molar-refractivity contribution in [2.24, 2.45) is 29.6 Å². The summed E-state index contributed by atoms with van der Waals surface area (Å²) in [5.74, 6) is -4.80. The second-order valence-corrected chi connectivity index (χ2v) is 15.0. The number of imide groups is 2. The molecule has 4 fully saturated rings. The highest BCUT2D eigenvalue weighted by Crippen LogP contribution is 2.61. The lowest BCUT2D eigenvalue weighted by Gasteiger charge is -2.49. The Bertz CT molecular complexity index is 2010. The van der Waals surface area contributed by atoms with E-state index in [4.69, 9.17) is 16.3 Å². The number of methoxy groups -OCH3 is 1. The van der Waals surface area contributed by atoms with Crippen molar-refractivity contribution < 1.29 is 33.4 Å². The highest BCUT2D eigenvalue weighted by atomic mass is 35.5. The number of fused-ring (bicyclic) bond motifs is 4. The molecule has 5 aliphatic rings. The van der Waals surface area contributed by atoms with E-state index in [0.717, 1.165) is 42.7 Å². The maximum Gasteiger partial charge on any atom is 0.260 e. The maximum absolute atomic E-state index is 15.2. The van der Waals surface area contributed by atoms with Crippen LogP contribution in [-0.2, 0) is 24.6 Å². The summed E-state index contributed by atoms with van der Waals surface area (Å²) in [6.07, 6.45) is 10.9. The van der Waals surface area contributed by atoms with Crippen LogP contribution in [0, 0.1) is 35.4 Å². The van der Waals surface area contributed by atoms with Crippen molar-refractivity contribution in [3.05, 3.63) is 106 Å². The number of carbonyl (C=O) groups is 4. The lowest BCUT2D eigenvalue weighted by Crippen LogP contribution is -2.54. The van der Waals surface area contributed by atoms with Gasteiger partial charge in [-0.2, -0.15) is 5.01 Å². The first-order valence-electron chi connectivity index (χ1n) is 17.9. The first-order valence-corrected chi connectivity index (χ1v) is 18.3. The van der Waals surface area contributed by atoms with E-state index in [1.54, 1.807) is 36.4 Å². The molecule has 52 heavy (non-hydrogen) atoms. The van der Waals surface area contributed by atoms with Crippen molar-refractivity contribution in [3.63, 3.8) is 0 Å². The fraction of sp³-hybridized carbons (Fsp3) is 0.366. The third-order valence-electron chi connectivity index (χ3n) is 12.0. The SMILES string of the molecule is COc1cc(C=CC2C3=CCC4C(=O)N(C5CCCCC5)C(=O)C4C3CC3C(=O)N(Nc4ccc(F)cc4)C(=O)C23c2ccc(Cl)cc2)ccc1O. The minimum Gasteiger partial charge on any atom is -0.504 e. The molecule has 4 amide bonds. The third-order valence-corrected chi connectivity index (χ3v) is 12.2. The van der Waals surface area contributed by atoms with Gasteiger partial charge in [0.15, 0.2) is 11.5 Å². The van der Waals surface area contributed by atoms with Crippen LogP contribution in [0.3, 0.4) is 0 Å². The number of hydrogen-bond donors (Lipinski definition) is 2. The Labute approximate surface area is 306 Å². The van der Waals surface area contributed by atoms with Gasteiger partial charge in [-0.15, -0.1) is 0 Å². The molecule has 8 rings (SSSR count). The van der Waals surface area contributed by atoms with Crippen molar-refractivity contribution in [1.29, 1.82) is 0 Å². The molecule has 2 saturated heterocycles. The smallest absolute Gasteiger partial charge is 0.260 e. The van der Waals surface area contributed by atoms with Crippen LogP contribution in [0.1, 0.15) is 56.1 Å². The van der Waals surface area contributed by atoms with E-state index in [2.05, 4.69) is 5.43 Å². The number of anilines is 1. The molecule has 2 N–H and O–H groups in total. The first kappa shape index (κ1) is 34.1. The summed E-state index contributed by atoms with van der Waals surface area (Å²) in [5, 5.41) is 11.8. The number of benzene rings is 3. The number of carbonyl (C=O) groups excluding carboxylic acids is 4. The van der Waals surface area contributed by atoms with E-state index in [1.165, 1.54) is 42.3 Å². The number of hydrazine groups is 1. The highest BCUT2D eigenvalue weighted by Gasteiger charge is 2.69. The van der Waals surface area contributed by atoms with E-state index < -0.39 is 52.6 Å². The van der Waals surface area contributed by atoms with Gasteiger partial charge in [0.2, 0.25) is 11.8 Å². The summed E-state index contributed by atoms with van der Waals surface area (Å²) < 4.78 is 19.2. The van der Waals surface area contributed by atoms with Gasteiger partial charge in [0.1, 0.15) is 5.82 Å². The molecule has 2 heterocycles. The molecule has 3 aliphatic carbocycles. The number of halogens is 2. The van der Waals surface area contributed by atoms with Crippen LogP contribution in [0.15, 0.2) is 84.5 Å². The van der Waals surface area contributed by atoms with Gasteiger partial charge < -0.3 is 9.84 Å². The van der Waals surface area contributed by atoms with Crippen LogP contribution in [0.4, 0.5) is 10.1 Å². The molecule has 11 heteroatoms. The molecule has 2 saturated carbocycles. The largest absolute Gasteiger partial charge is 0.504 e. The Morgan fingerprint density at radius 1 is 0.923 bits per heavy atom. The zero-order valence-corrected chi connectivity index (χ0v) is 29.4. The quantitative estimate of drug-likeness (QED) is 0.198. The van der Waals surface area contributed by atoms with Gasteiger partial charge in [0.25, 0.3) is 11.8 Å². The monoisotopic (exact) mass is 723 g/mol. The average Bonchev–Trinajstić information content (AvgIpc) is 3.53. The minimum absolute atomic E-state index is 0.0258. The second-order valence-electron chi connectivity index (χ2n) is 14.5. The van der Waals surface area contributed by atoms with Crippen molar-refractivity contribution in [2.75, 3.05) is 12.5 Å². The molecule has 2 aliphatic heterocycles. The van der Waals surface area contributed by atoms with Crippen LogP contribution < -0.4 is 10.2 Å². The van der Waals surface area contributed by atoms with Gasteiger partial charge >= 0.3 is 0 Å². The van der Waals surface area contributed by atoms with E-state index in [-0.39, 0.29) is 35.8 Å². The van der Waals surface area contributed by atoms with Crippen LogP contribution in [0.2, 0.25) is 5.02 Å². The Morgan fingerprint density at radius 2 is 1.65 bits per heavy atom. The third kappa shape index (κ3) is 5.33. The van der Waals surface area contributed by atoms with Gasteiger partial charge in [-0.25, -0.2) is 4.39 Å². The standard InChI is InChI=1S/C41H39ClFN3O6/c1-52-35-21-23(8-20-34(35)47)7-19-32-29-17-18-30-36(39(50)45(37(30)48)28-5-3-2-4-6-28)31(29)22-33-38(49)46(44-27-15-13-26(43)14-16-27)40(51)41(32,33)24-9-11-25(42)12-10-24/h7-17,19-21,28,30-33,36,44,47H,2-6,18,22H2,1H3. The number of amides is 4. The van der Waals surface area contributed by atoms with E-state index in [9.17, 15) is 23.9 Å². The van der Waals surface area contributed by atoms with E-state index in [1.807, 2.05) is 18.2 Å². The number of rotatable bonds is 7. The number of phenolic OH excluding ortho intramolecular Hbond substituents is 1. The summed E-state index contributed by atoms with van der Waals surface area (Å²) in [6.45, 7) is 0. The van der Waals surface area contributed by atoms with Crippen LogP contribution >= 0.6 is 11.6 Å². The molecule has 6 unspecified atom stereocenters. The molecule has 0 spiro atoms. The number of nitrogens with one attached hydrogen (secondary N) is 1. The van der Waals surface area contributed by atoms with E-state index in [0.29, 0.717) is 28.3 Å². The lowest BCUT2D eigenvalue weighted by molar-refractivity contribution is -0.144. The molecule has 0 aromatic heterocycles. The summed E-state index contributed by atoms with van der Waals surface area (Å²) in [4.78, 5) is 59.9. The number of allylic oxidation sites excluding steroid dienone is 3. The number of hydrogen-bond acceptors (Lipinski definition) is 7. The van der Waals surface area contributed by atoms with Crippen LogP contribution in [-0.4, -0.2) is 51.8 Å². The zero-order chi connectivity index (χ0) is 36.3. The number of likely N-dealkylation sites (tertiary alicyclic amines) is 1. The van der Waals surface area contributed by atoms with Crippen LogP contribution in [0.5, 0.6) is 11.5 Å². The van der Waals surface area contributed by atoms with Gasteiger partial charge in [0, 0.05) is 17.0 Å². The number of nitrogens with zero attached hydrogens (tertiary/aromatic N) is 2. The Hall–Kier alpha value is -4.96. The topological polar surface area (TPSA) is 116 Å². The summed E-state index contributed by atoms with van der Waals surface area (Å²) in [7, 11) is 1.46. The van der Waals surface area contributed by atoms with Gasteiger partial charge in [-0.1, -0.05) is 72.9 Å². The average molecular weight is 724 g/mol. The fourth-order valence-electron chi connectivity index (χ4n) is 9.63. The Kier molecular flexibility index (Phi) is 8.68. The summed E-state index contributed by atoms with van der Waals surface area (Å²) >= 11 is 6.37. The molecule has 0 bridgehead atoms. The van der Waals surface area contributed by atoms with Crippen LogP contribution in [0.25, 0.3) is 6.08 Å². The van der Waals surface area contributed by atoms with Gasteiger partial charge in [-0.3, -0.25) is 29.5 Å². The Morgan fingerprint density at radius 3 is 2.37 bits per heavy atom. The predicted octanol–water partition coefficient (Wildman–Crippen LogP) is 7.06. The zero-order valence-electron chi connectivity index (χ0n) is 28.6. The number of aromatic hydroxyl groups is 1. The summed E-state index contributed by atoms with van der Waals surface area (Å²) in [5.41, 5.74) is 3.96. The molecular formula is C41H39ClFN3O6. The van der Waals surface area contributed by atoms with Crippen molar-refractivity contribution >= 4 is 47.0 Å². The second kappa shape index (κ2) is 13.2. The molecule has 3 aromatic carbocycles. The molecule has 6 atom stereocenters. The highest BCUT2D eigenvalue weighted by molar-refractivity contribution is 6.30. The molecule has 0 radical (unpaired) electrons. The van der Waals surface area contributed by atoms with Crippen molar-refractivity contribution in [3.8, 4) is 11.5 Å². The first-order chi connectivity index (χ1) is 25.1. The summed E-state index contributed by atoms with van der Waals surface area (Å²) in [6, 6.07) is 17.1.